The summed E-state index contributed by atoms with van der Waals surface area (Å²) in [5, 5.41) is 3.77. The number of anilines is 1. The van der Waals surface area contributed by atoms with Crippen LogP contribution in [0.15, 0.2) is 36.4 Å². The molecule has 0 bridgehead atoms. The van der Waals surface area contributed by atoms with Crippen LogP contribution >= 0.6 is 12.2 Å². The number of carbonyl (C=O) groups excluding carboxylic acids is 1. The van der Waals surface area contributed by atoms with Gasteiger partial charge in [-0.25, -0.2) is 4.39 Å². The van der Waals surface area contributed by atoms with Crippen LogP contribution in [0.25, 0.3) is 0 Å². The highest BCUT2D eigenvalue weighted by molar-refractivity contribution is 7.80. The fourth-order valence-corrected chi connectivity index (χ4v) is 3.53. The lowest BCUT2D eigenvalue weighted by molar-refractivity contribution is -0.0280. The third-order valence-electron chi connectivity index (χ3n) is 4.81. The van der Waals surface area contributed by atoms with Crippen molar-refractivity contribution < 1.29 is 28.1 Å². The number of hydrogen-bond donors (Lipinski definition) is 1. The zero-order chi connectivity index (χ0) is 21.1. The zero-order valence-corrected chi connectivity index (χ0v) is 17.2. The van der Waals surface area contributed by atoms with Crippen molar-refractivity contribution in [3.05, 3.63) is 47.8 Å². The van der Waals surface area contributed by atoms with Crippen molar-refractivity contribution in [1.29, 1.82) is 0 Å². The Morgan fingerprint density at radius 2 is 2.10 bits per heavy atom. The van der Waals surface area contributed by atoms with Crippen molar-refractivity contribution in [3.8, 4) is 17.2 Å². The molecule has 0 amide bonds. The van der Waals surface area contributed by atoms with E-state index in [0.29, 0.717) is 42.1 Å². The van der Waals surface area contributed by atoms with Crippen LogP contribution in [0.1, 0.15) is 17.3 Å². The monoisotopic (exact) mass is 432 g/mol. The molecule has 0 radical (unpaired) electrons. The van der Waals surface area contributed by atoms with Crippen LogP contribution in [0.3, 0.4) is 0 Å². The summed E-state index contributed by atoms with van der Waals surface area (Å²) in [5.41, 5.74) is 0.854. The van der Waals surface area contributed by atoms with Gasteiger partial charge >= 0.3 is 0 Å². The largest absolute Gasteiger partial charge is 0.491 e. The Labute approximate surface area is 178 Å². The number of thiocarbonyl (C=S) groups is 1. The average molecular weight is 432 g/mol. The number of benzene rings is 2. The van der Waals surface area contributed by atoms with Crippen LogP contribution in [0.5, 0.6) is 17.2 Å². The molecule has 7 nitrogen and oxygen atoms in total. The molecule has 1 atom stereocenters. The normalized spacial score (nSPS) is 17.5. The first kappa shape index (κ1) is 20.4. The van der Waals surface area contributed by atoms with Gasteiger partial charge in [0.15, 0.2) is 22.4 Å². The number of nitrogens with zero attached hydrogens (tertiary/aromatic N) is 1. The molecule has 9 heteroatoms. The van der Waals surface area contributed by atoms with E-state index in [2.05, 4.69) is 5.32 Å². The minimum absolute atomic E-state index is 0.0439. The van der Waals surface area contributed by atoms with E-state index >= 15 is 0 Å². The fraction of sp³-hybridized carbons (Fsp3) is 0.333. The molecule has 2 aromatic rings. The average Bonchev–Trinajstić information content (AvgIpc) is 3.20. The summed E-state index contributed by atoms with van der Waals surface area (Å²) < 4.78 is 36.0. The molecular weight excluding hydrogens is 411 g/mol. The van der Waals surface area contributed by atoms with E-state index in [1.807, 2.05) is 23.1 Å². The van der Waals surface area contributed by atoms with Gasteiger partial charge in [-0.05, 0) is 43.4 Å². The van der Waals surface area contributed by atoms with Gasteiger partial charge in [-0.15, -0.1) is 0 Å². The third kappa shape index (κ3) is 4.63. The predicted molar refractivity (Wildman–Crippen MR) is 112 cm³/mol. The lowest BCUT2D eigenvalue weighted by atomic mass is 10.1. The maximum Gasteiger partial charge on any atom is 0.231 e. The Morgan fingerprint density at radius 1 is 1.27 bits per heavy atom. The molecule has 1 N–H and O–H groups in total. The first-order valence-corrected chi connectivity index (χ1v) is 9.91. The Bertz CT molecular complexity index is 970. The molecule has 0 spiro atoms. The molecule has 2 aromatic carbocycles. The van der Waals surface area contributed by atoms with Gasteiger partial charge in [-0.2, -0.15) is 0 Å². The number of hydrogen-bond acceptors (Lipinski definition) is 6. The number of carbonyl (C=O) groups is 1. The lowest BCUT2D eigenvalue weighted by Crippen LogP contribution is -2.49. The topological polar surface area (TPSA) is 69.3 Å². The maximum atomic E-state index is 13.9. The maximum absolute atomic E-state index is 13.9. The van der Waals surface area contributed by atoms with Gasteiger partial charge in [0.25, 0.3) is 0 Å². The van der Waals surface area contributed by atoms with E-state index in [-0.39, 0.29) is 30.9 Å². The van der Waals surface area contributed by atoms with E-state index < -0.39 is 5.82 Å². The molecule has 0 saturated carbocycles. The van der Waals surface area contributed by atoms with E-state index in [4.69, 9.17) is 31.2 Å². The second-order valence-electron chi connectivity index (χ2n) is 6.95. The molecule has 1 fully saturated rings. The second-order valence-corrected chi connectivity index (χ2v) is 7.33. The number of ether oxygens (including phenoxy) is 4. The third-order valence-corrected chi connectivity index (χ3v) is 5.17. The molecule has 4 rings (SSSR count). The van der Waals surface area contributed by atoms with Gasteiger partial charge in [0.1, 0.15) is 24.3 Å². The molecule has 158 valence electrons. The smallest absolute Gasteiger partial charge is 0.231 e. The van der Waals surface area contributed by atoms with Crippen molar-refractivity contribution >= 4 is 28.8 Å². The molecule has 0 aliphatic carbocycles. The number of halogens is 1. The first-order valence-electron chi connectivity index (χ1n) is 9.50. The number of rotatable bonds is 5. The van der Waals surface area contributed by atoms with Gasteiger partial charge < -0.3 is 29.2 Å². The standard InChI is InChI=1S/C21H21FN2O5S/c1-13(25)17-4-3-15(9-18(17)22)27-11-16-10-24(6-7-26-16)21(30)23-14-2-5-19-20(8-14)29-12-28-19/h2-5,8-9,16H,6-7,10-12H2,1H3,(H,23,30). The number of ketones is 1. The molecule has 1 saturated heterocycles. The van der Waals surface area contributed by atoms with Crippen LogP contribution in [-0.4, -0.2) is 55.0 Å². The Hall–Kier alpha value is -2.91. The summed E-state index contributed by atoms with van der Waals surface area (Å²) in [6.45, 7) is 3.45. The van der Waals surface area contributed by atoms with Crippen LogP contribution in [0.2, 0.25) is 0 Å². The highest BCUT2D eigenvalue weighted by Crippen LogP contribution is 2.34. The van der Waals surface area contributed by atoms with Gasteiger partial charge in [-0.1, -0.05) is 0 Å². The molecule has 30 heavy (non-hydrogen) atoms. The summed E-state index contributed by atoms with van der Waals surface area (Å²) in [4.78, 5) is 13.3. The van der Waals surface area contributed by atoms with Crippen LogP contribution in [0.4, 0.5) is 10.1 Å². The van der Waals surface area contributed by atoms with E-state index in [0.717, 1.165) is 5.69 Å². The minimum atomic E-state index is -0.597. The Kier molecular flexibility index (Phi) is 6.01. The number of nitrogens with one attached hydrogen (secondary N) is 1. The van der Waals surface area contributed by atoms with Crippen molar-refractivity contribution in [2.24, 2.45) is 0 Å². The highest BCUT2D eigenvalue weighted by atomic mass is 32.1. The quantitative estimate of drug-likeness (QED) is 0.571. The minimum Gasteiger partial charge on any atom is -0.491 e. The van der Waals surface area contributed by atoms with Gasteiger partial charge in [0, 0.05) is 30.9 Å². The summed E-state index contributed by atoms with van der Waals surface area (Å²) >= 11 is 5.54. The molecular formula is C21H21FN2O5S. The number of fused-ring (bicyclic) bond motifs is 1. The predicted octanol–water partition coefficient (Wildman–Crippen LogP) is 3.23. The summed E-state index contributed by atoms with van der Waals surface area (Å²) in [6.07, 6.45) is -0.231. The highest BCUT2D eigenvalue weighted by Gasteiger charge is 2.24. The lowest BCUT2D eigenvalue weighted by Gasteiger charge is -2.34. The SMILES string of the molecule is CC(=O)c1ccc(OCC2CN(C(=S)Nc3ccc4c(c3)OCO4)CCO2)cc1F. The summed E-state index contributed by atoms with van der Waals surface area (Å²) in [7, 11) is 0. The van der Waals surface area contributed by atoms with Crippen molar-refractivity contribution in [2.75, 3.05) is 38.4 Å². The van der Waals surface area contributed by atoms with E-state index in [9.17, 15) is 9.18 Å². The molecule has 1 unspecified atom stereocenters. The Balaban J connectivity index is 1.31. The van der Waals surface area contributed by atoms with Gasteiger partial charge in [-0.3, -0.25) is 4.79 Å². The zero-order valence-electron chi connectivity index (χ0n) is 16.4. The first-order chi connectivity index (χ1) is 14.5. The Morgan fingerprint density at radius 3 is 2.90 bits per heavy atom. The second kappa shape index (κ2) is 8.85. The summed E-state index contributed by atoms with van der Waals surface area (Å²) in [5.74, 6) is 0.815. The number of Topliss-reactive ketones (excluding diaryl/α,β-unsaturated/α-hetero) is 1. The van der Waals surface area contributed by atoms with Crippen molar-refractivity contribution in [1.82, 2.24) is 4.90 Å². The van der Waals surface area contributed by atoms with E-state index in [1.165, 1.54) is 19.1 Å². The fourth-order valence-electron chi connectivity index (χ4n) is 3.24. The van der Waals surface area contributed by atoms with Crippen LogP contribution in [0, 0.1) is 5.82 Å². The van der Waals surface area contributed by atoms with Crippen molar-refractivity contribution in [3.63, 3.8) is 0 Å². The molecule has 2 heterocycles. The molecule has 0 aromatic heterocycles. The molecule has 2 aliphatic heterocycles. The summed E-state index contributed by atoms with van der Waals surface area (Å²) in [6, 6.07) is 9.76. The van der Waals surface area contributed by atoms with Crippen LogP contribution in [-0.2, 0) is 4.74 Å². The van der Waals surface area contributed by atoms with Gasteiger partial charge in [0.05, 0.1) is 12.2 Å². The van der Waals surface area contributed by atoms with Crippen LogP contribution < -0.4 is 19.5 Å². The van der Waals surface area contributed by atoms with Gasteiger partial charge in [0.2, 0.25) is 6.79 Å². The number of morpholine rings is 1. The van der Waals surface area contributed by atoms with E-state index in [1.54, 1.807) is 6.07 Å². The molecule has 2 aliphatic rings. The van der Waals surface area contributed by atoms with Crippen molar-refractivity contribution in [2.45, 2.75) is 13.0 Å².